The van der Waals surface area contributed by atoms with E-state index in [1.54, 1.807) is 30.3 Å². The predicted octanol–water partition coefficient (Wildman–Crippen LogP) is 3.18. The molecule has 0 N–H and O–H groups in total. The van der Waals surface area contributed by atoms with Crippen molar-refractivity contribution in [2.24, 2.45) is 0 Å². The van der Waals surface area contributed by atoms with Gasteiger partial charge in [0.2, 0.25) is 5.91 Å². The van der Waals surface area contributed by atoms with E-state index in [4.69, 9.17) is 0 Å². The second kappa shape index (κ2) is 6.92. The molecule has 0 aliphatic rings. The molecular weight excluding hydrogens is 352 g/mol. The number of hydrogen-bond donors (Lipinski definition) is 0. The Labute approximate surface area is 151 Å². The smallest absolute Gasteiger partial charge is 0.274 e. The largest absolute Gasteiger partial charge is 0.350 e. The zero-order valence-corrected chi connectivity index (χ0v) is 15.5. The van der Waals surface area contributed by atoms with E-state index in [0.717, 1.165) is 20.5 Å². The highest BCUT2D eigenvalue weighted by Gasteiger charge is 2.27. The third-order valence-corrected chi connectivity index (χ3v) is 5.96. The topological polar surface area (TPSA) is 78.1 Å². The molecule has 136 valence electrons. The first-order chi connectivity index (χ1) is 12.4. The second-order valence-corrected chi connectivity index (χ2v) is 7.97. The van der Waals surface area contributed by atoms with Gasteiger partial charge in [-0.25, -0.2) is 17.8 Å². The van der Waals surface area contributed by atoms with Gasteiger partial charge >= 0.3 is 5.69 Å². The van der Waals surface area contributed by atoms with Crippen molar-refractivity contribution in [2.75, 3.05) is 0 Å². The lowest BCUT2D eigenvalue weighted by atomic mass is 10.2. The molecule has 1 heterocycles. The minimum atomic E-state index is -4.12. The van der Waals surface area contributed by atoms with Crippen LogP contribution in [0.3, 0.4) is 0 Å². The molecule has 1 aromatic heterocycles. The number of carbonyl (C=O) groups is 1. The van der Waals surface area contributed by atoms with Gasteiger partial charge in [-0.15, -0.1) is 0 Å². The average molecular weight is 372 g/mol. The van der Waals surface area contributed by atoms with Crippen LogP contribution in [0.2, 0.25) is 0 Å². The standard InChI is InChI=1S/C19H20N2O4S/c1-3-4-9-18(22)20-16-7-5-6-8-17(16)21(19(20)23)26(24,25)15-12-10-14(2)11-13-15/h5-8,10-13H,3-4,9H2,1-2H3. The number of unbranched alkanes of at least 4 members (excludes halogenated alkanes) is 1. The summed E-state index contributed by atoms with van der Waals surface area (Å²) in [5, 5.41) is 0. The number of fused-ring (bicyclic) bond motifs is 1. The number of hydrogen-bond acceptors (Lipinski definition) is 4. The van der Waals surface area contributed by atoms with Crippen molar-refractivity contribution in [3.8, 4) is 0 Å². The van der Waals surface area contributed by atoms with Gasteiger partial charge in [-0.2, -0.15) is 3.97 Å². The highest BCUT2D eigenvalue weighted by atomic mass is 32.2. The Balaban J connectivity index is 2.27. The lowest BCUT2D eigenvalue weighted by Crippen LogP contribution is -2.32. The minimum Gasteiger partial charge on any atom is -0.274 e. The summed E-state index contributed by atoms with van der Waals surface area (Å²) in [5.74, 6) is -0.397. The Hall–Kier alpha value is -2.67. The van der Waals surface area contributed by atoms with E-state index >= 15 is 0 Å². The van der Waals surface area contributed by atoms with E-state index in [1.807, 2.05) is 13.8 Å². The van der Waals surface area contributed by atoms with Gasteiger partial charge in [-0.05, 0) is 37.6 Å². The van der Waals surface area contributed by atoms with E-state index in [2.05, 4.69) is 0 Å². The molecule has 0 saturated carbocycles. The molecule has 0 radical (unpaired) electrons. The molecular formula is C19H20N2O4S. The van der Waals surface area contributed by atoms with Crippen LogP contribution in [-0.2, 0) is 10.0 Å². The predicted molar refractivity (Wildman–Crippen MR) is 100 cm³/mol. The summed E-state index contributed by atoms with van der Waals surface area (Å²) in [6.45, 7) is 3.79. The molecule has 0 fully saturated rings. The quantitative estimate of drug-likeness (QED) is 0.689. The summed E-state index contributed by atoms with van der Waals surface area (Å²) >= 11 is 0. The second-order valence-electron chi connectivity index (χ2n) is 6.19. The molecule has 3 rings (SSSR count). The zero-order chi connectivity index (χ0) is 18.9. The lowest BCUT2D eigenvalue weighted by Gasteiger charge is -2.06. The number of nitrogens with zero attached hydrogens (tertiary/aromatic N) is 2. The van der Waals surface area contributed by atoms with Crippen LogP contribution in [-0.4, -0.2) is 22.9 Å². The van der Waals surface area contributed by atoms with Crippen LogP contribution in [0.25, 0.3) is 11.0 Å². The van der Waals surface area contributed by atoms with E-state index < -0.39 is 21.6 Å². The van der Waals surface area contributed by atoms with Crippen molar-refractivity contribution in [2.45, 2.75) is 38.0 Å². The molecule has 0 unspecified atom stereocenters. The molecule has 2 aromatic carbocycles. The van der Waals surface area contributed by atoms with Gasteiger partial charge in [-0.3, -0.25) is 4.79 Å². The third kappa shape index (κ3) is 2.99. The van der Waals surface area contributed by atoms with Gasteiger partial charge in [-0.1, -0.05) is 43.2 Å². The van der Waals surface area contributed by atoms with Crippen LogP contribution in [0, 0.1) is 6.92 Å². The Kier molecular flexibility index (Phi) is 4.82. The zero-order valence-electron chi connectivity index (χ0n) is 14.7. The Morgan fingerprint density at radius 1 is 1.00 bits per heavy atom. The summed E-state index contributed by atoms with van der Waals surface area (Å²) < 4.78 is 27.8. The van der Waals surface area contributed by atoms with E-state index in [1.165, 1.54) is 18.2 Å². The highest BCUT2D eigenvalue weighted by molar-refractivity contribution is 7.90. The maximum Gasteiger partial charge on any atom is 0.350 e. The lowest BCUT2D eigenvalue weighted by molar-refractivity contribution is 0.0900. The molecule has 3 aromatic rings. The van der Waals surface area contributed by atoms with E-state index in [9.17, 15) is 18.0 Å². The number of aryl methyl sites for hydroxylation is 1. The van der Waals surface area contributed by atoms with Crippen molar-refractivity contribution >= 4 is 27.0 Å². The van der Waals surface area contributed by atoms with Crippen LogP contribution in [0.5, 0.6) is 0 Å². The van der Waals surface area contributed by atoms with Gasteiger partial charge in [0.15, 0.2) is 0 Å². The molecule has 0 aliphatic heterocycles. The summed E-state index contributed by atoms with van der Waals surface area (Å²) in [6, 6.07) is 12.7. The molecule has 0 aliphatic carbocycles. The molecule has 0 saturated heterocycles. The molecule has 0 amide bonds. The van der Waals surface area contributed by atoms with Crippen molar-refractivity contribution in [3.63, 3.8) is 0 Å². The van der Waals surface area contributed by atoms with E-state index in [0.29, 0.717) is 11.9 Å². The molecule has 6 nitrogen and oxygen atoms in total. The minimum absolute atomic E-state index is 0.00844. The molecule has 7 heteroatoms. The van der Waals surface area contributed by atoms with Crippen LogP contribution in [0.4, 0.5) is 0 Å². The van der Waals surface area contributed by atoms with Gasteiger partial charge in [0, 0.05) is 6.42 Å². The fourth-order valence-electron chi connectivity index (χ4n) is 2.85. The number of rotatable bonds is 5. The molecule has 26 heavy (non-hydrogen) atoms. The third-order valence-electron chi connectivity index (χ3n) is 4.26. The molecule has 0 spiro atoms. The summed E-state index contributed by atoms with van der Waals surface area (Å²) in [7, 11) is -4.12. The maximum atomic E-state index is 13.1. The monoisotopic (exact) mass is 372 g/mol. The first-order valence-corrected chi connectivity index (χ1v) is 9.90. The summed E-state index contributed by atoms with van der Waals surface area (Å²) in [5.41, 5.74) is 0.554. The average Bonchev–Trinajstić information content (AvgIpc) is 2.92. The number of para-hydroxylation sites is 2. The first-order valence-electron chi connectivity index (χ1n) is 8.46. The maximum absolute atomic E-state index is 13.1. The van der Waals surface area contributed by atoms with Gasteiger partial charge in [0.05, 0.1) is 15.9 Å². The Morgan fingerprint density at radius 2 is 1.62 bits per heavy atom. The molecule has 0 atom stereocenters. The number of benzene rings is 2. The van der Waals surface area contributed by atoms with Gasteiger partial charge < -0.3 is 0 Å². The summed E-state index contributed by atoms with van der Waals surface area (Å²) in [4.78, 5) is 25.4. The van der Waals surface area contributed by atoms with Crippen molar-refractivity contribution in [3.05, 3.63) is 64.6 Å². The van der Waals surface area contributed by atoms with Crippen LogP contribution >= 0.6 is 0 Å². The van der Waals surface area contributed by atoms with Crippen LogP contribution in [0.1, 0.15) is 36.5 Å². The normalized spacial score (nSPS) is 11.8. The van der Waals surface area contributed by atoms with E-state index in [-0.39, 0.29) is 16.8 Å². The highest BCUT2D eigenvalue weighted by Crippen LogP contribution is 2.20. The number of aromatic nitrogens is 2. The number of carbonyl (C=O) groups excluding carboxylic acids is 1. The van der Waals surface area contributed by atoms with Gasteiger partial charge in [0.1, 0.15) is 0 Å². The van der Waals surface area contributed by atoms with Crippen LogP contribution < -0.4 is 5.69 Å². The van der Waals surface area contributed by atoms with Gasteiger partial charge in [0.25, 0.3) is 10.0 Å². The first kappa shape index (κ1) is 18.1. The fourth-order valence-corrected chi connectivity index (χ4v) is 4.24. The Morgan fingerprint density at radius 3 is 2.23 bits per heavy atom. The summed E-state index contributed by atoms with van der Waals surface area (Å²) in [6.07, 6.45) is 1.63. The molecule has 0 bridgehead atoms. The van der Waals surface area contributed by atoms with Crippen molar-refractivity contribution < 1.29 is 13.2 Å². The Bertz CT molecular complexity index is 1120. The van der Waals surface area contributed by atoms with Crippen molar-refractivity contribution in [1.82, 2.24) is 8.54 Å². The fraction of sp³-hybridized carbons (Fsp3) is 0.263. The van der Waals surface area contributed by atoms with Crippen molar-refractivity contribution in [1.29, 1.82) is 0 Å². The number of imidazole rings is 1. The SMILES string of the molecule is CCCCC(=O)n1c(=O)n(S(=O)(=O)c2ccc(C)cc2)c2ccccc21. The van der Waals surface area contributed by atoms with Crippen LogP contribution in [0.15, 0.2) is 58.2 Å².